The molecule has 0 spiro atoms. The SMILES string of the molecule is C[C@H](CC1CCCCC1)NC(=O)Nc1ccc(S(N)(=O)=O)cc1. The molecule has 1 aliphatic rings. The Morgan fingerprint density at radius 1 is 1.22 bits per heavy atom. The van der Waals surface area contributed by atoms with E-state index in [1.165, 1.54) is 56.4 Å². The summed E-state index contributed by atoms with van der Waals surface area (Å²) in [6.45, 7) is 2.01. The molecule has 7 heteroatoms. The second-order valence-corrected chi connectivity index (χ2v) is 7.87. The Morgan fingerprint density at radius 2 is 1.83 bits per heavy atom. The van der Waals surface area contributed by atoms with Crippen molar-refractivity contribution in [2.45, 2.75) is 56.4 Å². The molecule has 2 rings (SSSR count). The largest absolute Gasteiger partial charge is 0.335 e. The third-order valence-electron chi connectivity index (χ3n) is 4.23. The molecule has 2 amide bonds. The molecule has 1 aliphatic carbocycles. The summed E-state index contributed by atoms with van der Waals surface area (Å²) in [4.78, 5) is 12.0. The van der Waals surface area contributed by atoms with Crippen LogP contribution in [0.1, 0.15) is 45.4 Å². The van der Waals surface area contributed by atoms with Crippen LogP contribution in [-0.2, 0) is 10.0 Å². The Kier molecular flexibility index (Phi) is 6.01. The summed E-state index contributed by atoms with van der Waals surface area (Å²) in [5, 5.41) is 10.7. The highest BCUT2D eigenvalue weighted by atomic mass is 32.2. The van der Waals surface area contributed by atoms with Gasteiger partial charge in [-0.2, -0.15) is 0 Å². The quantitative estimate of drug-likeness (QED) is 0.768. The molecular formula is C16H25N3O3S. The van der Waals surface area contributed by atoms with Crippen LogP contribution in [0.3, 0.4) is 0 Å². The smallest absolute Gasteiger partial charge is 0.319 e. The maximum absolute atomic E-state index is 12.0. The highest BCUT2D eigenvalue weighted by Gasteiger charge is 2.17. The molecule has 0 bridgehead atoms. The monoisotopic (exact) mass is 339 g/mol. The minimum atomic E-state index is -3.71. The minimum absolute atomic E-state index is 0.0223. The number of urea groups is 1. The number of anilines is 1. The Hall–Kier alpha value is -1.60. The molecule has 0 aliphatic heterocycles. The topological polar surface area (TPSA) is 101 Å². The summed E-state index contributed by atoms with van der Waals surface area (Å²) in [7, 11) is -3.71. The number of carbonyl (C=O) groups is 1. The lowest BCUT2D eigenvalue weighted by atomic mass is 9.85. The van der Waals surface area contributed by atoms with Crippen molar-refractivity contribution in [3.05, 3.63) is 24.3 Å². The lowest BCUT2D eigenvalue weighted by Crippen LogP contribution is -2.37. The van der Waals surface area contributed by atoms with Crippen molar-refractivity contribution < 1.29 is 13.2 Å². The number of primary sulfonamides is 1. The van der Waals surface area contributed by atoms with Crippen LogP contribution in [0, 0.1) is 5.92 Å². The van der Waals surface area contributed by atoms with Gasteiger partial charge in [0.1, 0.15) is 0 Å². The van der Waals surface area contributed by atoms with E-state index in [0.29, 0.717) is 11.6 Å². The van der Waals surface area contributed by atoms with Crippen molar-refractivity contribution in [1.29, 1.82) is 0 Å². The van der Waals surface area contributed by atoms with E-state index in [1.807, 2.05) is 6.92 Å². The molecule has 4 N–H and O–H groups in total. The number of nitrogens with one attached hydrogen (secondary N) is 2. The summed E-state index contributed by atoms with van der Waals surface area (Å²) >= 11 is 0. The van der Waals surface area contributed by atoms with Gasteiger partial charge in [-0.05, 0) is 43.5 Å². The van der Waals surface area contributed by atoms with Crippen molar-refractivity contribution in [1.82, 2.24) is 5.32 Å². The van der Waals surface area contributed by atoms with Crippen molar-refractivity contribution in [3.63, 3.8) is 0 Å². The zero-order valence-corrected chi connectivity index (χ0v) is 14.2. The first-order chi connectivity index (χ1) is 10.8. The summed E-state index contributed by atoms with van der Waals surface area (Å²) in [6, 6.07) is 5.61. The van der Waals surface area contributed by atoms with Gasteiger partial charge in [0.05, 0.1) is 4.90 Å². The third-order valence-corrected chi connectivity index (χ3v) is 5.16. The molecule has 1 aromatic carbocycles. The van der Waals surface area contributed by atoms with Gasteiger partial charge < -0.3 is 10.6 Å². The molecule has 1 saturated carbocycles. The third kappa shape index (κ3) is 5.84. The first-order valence-electron chi connectivity index (χ1n) is 8.05. The molecule has 0 heterocycles. The van der Waals surface area contributed by atoms with Crippen LogP contribution >= 0.6 is 0 Å². The summed E-state index contributed by atoms with van der Waals surface area (Å²) in [5.74, 6) is 0.702. The number of amides is 2. The Bertz CT molecular complexity index is 622. The predicted molar refractivity (Wildman–Crippen MR) is 90.6 cm³/mol. The van der Waals surface area contributed by atoms with Crippen molar-refractivity contribution >= 4 is 21.7 Å². The molecule has 6 nitrogen and oxygen atoms in total. The van der Waals surface area contributed by atoms with Crippen LogP contribution in [0.4, 0.5) is 10.5 Å². The van der Waals surface area contributed by atoms with Crippen LogP contribution in [0.2, 0.25) is 0 Å². The summed E-state index contributed by atoms with van der Waals surface area (Å²) < 4.78 is 22.4. The summed E-state index contributed by atoms with van der Waals surface area (Å²) in [5.41, 5.74) is 0.528. The van der Waals surface area contributed by atoms with Gasteiger partial charge in [-0.1, -0.05) is 32.1 Å². The van der Waals surface area contributed by atoms with Crippen molar-refractivity contribution in [2.24, 2.45) is 11.1 Å². The number of nitrogens with two attached hydrogens (primary N) is 1. The molecule has 0 radical (unpaired) electrons. The van der Waals surface area contributed by atoms with Gasteiger partial charge in [0.25, 0.3) is 0 Å². The molecule has 0 unspecified atom stereocenters. The average Bonchev–Trinajstić information content (AvgIpc) is 2.47. The van der Waals surface area contributed by atoms with E-state index in [1.54, 1.807) is 0 Å². The van der Waals surface area contributed by atoms with E-state index in [2.05, 4.69) is 10.6 Å². The molecule has 0 saturated heterocycles. The van der Waals surface area contributed by atoms with Crippen molar-refractivity contribution in [2.75, 3.05) is 5.32 Å². The van der Waals surface area contributed by atoms with Gasteiger partial charge >= 0.3 is 6.03 Å². The molecular weight excluding hydrogens is 314 g/mol. The lowest BCUT2D eigenvalue weighted by molar-refractivity contribution is 0.244. The number of benzene rings is 1. The zero-order valence-electron chi connectivity index (χ0n) is 13.4. The number of hydrogen-bond donors (Lipinski definition) is 3. The number of carbonyl (C=O) groups excluding carboxylic acids is 1. The van der Waals surface area contributed by atoms with E-state index >= 15 is 0 Å². The minimum Gasteiger partial charge on any atom is -0.335 e. The fourth-order valence-corrected chi connectivity index (χ4v) is 3.62. The standard InChI is InChI=1S/C16H25N3O3S/c1-12(11-13-5-3-2-4-6-13)18-16(20)19-14-7-9-15(10-8-14)23(17,21)22/h7-10,12-13H,2-6,11H2,1H3,(H2,17,21,22)(H2,18,19,20)/t12-/m1/s1. The maximum Gasteiger partial charge on any atom is 0.319 e. The number of rotatable bonds is 5. The van der Waals surface area contributed by atoms with E-state index in [0.717, 1.165) is 6.42 Å². The van der Waals surface area contributed by atoms with Gasteiger partial charge in [-0.15, -0.1) is 0 Å². The highest BCUT2D eigenvalue weighted by Crippen LogP contribution is 2.27. The number of sulfonamides is 1. The molecule has 128 valence electrons. The molecule has 1 aromatic rings. The fourth-order valence-electron chi connectivity index (χ4n) is 3.10. The van der Waals surface area contributed by atoms with Gasteiger partial charge in [0.2, 0.25) is 10.0 Å². The fraction of sp³-hybridized carbons (Fsp3) is 0.562. The van der Waals surface area contributed by atoms with Gasteiger partial charge in [-0.3, -0.25) is 0 Å². The van der Waals surface area contributed by atoms with Crippen LogP contribution in [-0.4, -0.2) is 20.5 Å². The van der Waals surface area contributed by atoms with Crippen LogP contribution in [0.5, 0.6) is 0 Å². The lowest BCUT2D eigenvalue weighted by Gasteiger charge is -2.25. The maximum atomic E-state index is 12.0. The van der Waals surface area contributed by atoms with Gasteiger partial charge in [0, 0.05) is 11.7 Å². The molecule has 1 atom stereocenters. The Morgan fingerprint density at radius 3 is 2.39 bits per heavy atom. The van der Waals surface area contributed by atoms with Gasteiger partial charge in [0.15, 0.2) is 0 Å². The Balaban J connectivity index is 1.81. The first kappa shape index (κ1) is 17.7. The molecule has 0 aromatic heterocycles. The zero-order chi connectivity index (χ0) is 16.9. The van der Waals surface area contributed by atoms with E-state index in [9.17, 15) is 13.2 Å². The molecule has 1 fully saturated rings. The van der Waals surface area contributed by atoms with E-state index < -0.39 is 10.0 Å². The van der Waals surface area contributed by atoms with Crippen LogP contribution in [0.25, 0.3) is 0 Å². The van der Waals surface area contributed by atoms with Crippen LogP contribution < -0.4 is 15.8 Å². The normalized spacial score (nSPS) is 17.5. The Labute approximate surface area is 137 Å². The van der Waals surface area contributed by atoms with E-state index in [4.69, 9.17) is 5.14 Å². The van der Waals surface area contributed by atoms with Gasteiger partial charge in [-0.25, -0.2) is 18.4 Å². The second-order valence-electron chi connectivity index (χ2n) is 6.31. The highest BCUT2D eigenvalue weighted by molar-refractivity contribution is 7.89. The van der Waals surface area contributed by atoms with Crippen LogP contribution in [0.15, 0.2) is 29.2 Å². The second kappa shape index (κ2) is 7.79. The predicted octanol–water partition coefficient (Wildman–Crippen LogP) is 2.81. The van der Waals surface area contributed by atoms with Crippen molar-refractivity contribution in [3.8, 4) is 0 Å². The summed E-state index contributed by atoms with van der Waals surface area (Å²) in [6.07, 6.45) is 7.41. The molecule has 23 heavy (non-hydrogen) atoms. The average molecular weight is 339 g/mol. The van der Waals surface area contributed by atoms with E-state index in [-0.39, 0.29) is 17.0 Å². The number of hydrogen-bond acceptors (Lipinski definition) is 3. The first-order valence-corrected chi connectivity index (χ1v) is 9.59.